The van der Waals surface area contributed by atoms with Gasteiger partial charge in [-0.25, -0.2) is 0 Å². The zero-order valence-corrected chi connectivity index (χ0v) is 16.4. The number of nitrogens with zero attached hydrogens (tertiary/aromatic N) is 1. The van der Waals surface area contributed by atoms with Crippen LogP contribution in [0, 0.1) is 0 Å². The summed E-state index contributed by atoms with van der Waals surface area (Å²) in [6.45, 7) is 9.86. The molecule has 0 amide bonds. The maximum absolute atomic E-state index is 5.34. The Morgan fingerprint density at radius 1 is 1.17 bits per heavy atom. The van der Waals surface area contributed by atoms with Crippen molar-refractivity contribution < 1.29 is 4.74 Å². The fourth-order valence-corrected chi connectivity index (χ4v) is 2.47. The van der Waals surface area contributed by atoms with Crippen LogP contribution in [0.5, 0.6) is 0 Å². The van der Waals surface area contributed by atoms with Crippen LogP contribution in [0.1, 0.15) is 39.2 Å². The summed E-state index contributed by atoms with van der Waals surface area (Å²) in [4.78, 5) is 4.29. The van der Waals surface area contributed by atoms with Gasteiger partial charge in [0.15, 0.2) is 5.96 Å². The lowest BCUT2D eigenvalue weighted by Gasteiger charge is -2.27. The maximum atomic E-state index is 5.34. The van der Waals surface area contributed by atoms with E-state index in [9.17, 15) is 0 Å². The lowest BCUT2D eigenvalue weighted by molar-refractivity contribution is 0.143. The number of hydrogen-bond donors (Lipinski definition) is 2. The van der Waals surface area contributed by atoms with Crippen molar-refractivity contribution in [1.82, 2.24) is 10.6 Å². The highest BCUT2D eigenvalue weighted by Crippen LogP contribution is 2.23. The summed E-state index contributed by atoms with van der Waals surface area (Å²) in [5.41, 5.74) is 1.34. The molecule has 0 unspecified atom stereocenters. The van der Waals surface area contributed by atoms with Crippen LogP contribution in [0.4, 0.5) is 0 Å². The summed E-state index contributed by atoms with van der Waals surface area (Å²) in [6.07, 6.45) is 2.15. The minimum atomic E-state index is 0.0350. The molecule has 1 aromatic rings. The zero-order valence-electron chi connectivity index (χ0n) is 14.8. The number of guanidine groups is 1. The third kappa shape index (κ3) is 7.84. The first kappa shape index (κ1) is 20.0. The standard InChI is InChI=1S/C18H30BrN3O/c1-5-23-13-7-6-12-21-17(20-4)22-14-18(2,3)15-8-10-16(19)11-9-15/h8-11H,5-7,12-14H2,1-4H3,(H2,20,21,22). The quantitative estimate of drug-likeness (QED) is 0.388. The molecule has 1 rings (SSSR count). The van der Waals surface area contributed by atoms with E-state index in [2.05, 4.69) is 69.7 Å². The Kier molecular flexibility index (Phi) is 9.26. The molecule has 130 valence electrons. The van der Waals surface area contributed by atoms with Crippen molar-refractivity contribution in [3.05, 3.63) is 34.3 Å². The van der Waals surface area contributed by atoms with E-state index >= 15 is 0 Å². The SMILES string of the molecule is CCOCCCCNC(=NC)NCC(C)(C)c1ccc(Br)cc1. The summed E-state index contributed by atoms with van der Waals surface area (Å²) in [6, 6.07) is 8.50. The largest absolute Gasteiger partial charge is 0.382 e. The molecule has 0 bridgehead atoms. The normalized spacial score (nSPS) is 12.3. The van der Waals surface area contributed by atoms with Crippen molar-refractivity contribution >= 4 is 21.9 Å². The van der Waals surface area contributed by atoms with Gasteiger partial charge in [-0.1, -0.05) is 41.9 Å². The molecule has 0 aliphatic carbocycles. The van der Waals surface area contributed by atoms with E-state index in [1.165, 1.54) is 5.56 Å². The first-order valence-corrected chi connectivity index (χ1v) is 9.07. The van der Waals surface area contributed by atoms with Crippen LogP contribution in [0.2, 0.25) is 0 Å². The van der Waals surface area contributed by atoms with Crippen molar-refractivity contribution in [3.8, 4) is 0 Å². The molecule has 2 N–H and O–H groups in total. The van der Waals surface area contributed by atoms with E-state index in [-0.39, 0.29) is 5.41 Å². The molecule has 1 aromatic carbocycles. The lowest BCUT2D eigenvalue weighted by Crippen LogP contribution is -2.43. The Labute approximate surface area is 149 Å². The molecule has 0 heterocycles. The predicted molar refractivity (Wildman–Crippen MR) is 102 cm³/mol. The highest BCUT2D eigenvalue weighted by molar-refractivity contribution is 9.10. The van der Waals surface area contributed by atoms with Gasteiger partial charge in [0.2, 0.25) is 0 Å². The molecule has 0 saturated carbocycles. The van der Waals surface area contributed by atoms with Crippen molar-refractivity contribution in [1.29, 1.82) is 0 Å². The third-order valence-electron chi connectivity index (χ3n) is 3.76. The molecule has 0 aromatic heterocycles. The van der Waals surface area contributed by atoms with Crippen molar-refractivity contribution in [2.75, 3.05) is 33.4 Å². The van der Waals surface area contributed by atoms with Crippen LogP contribution in [-0.2, 0) is 10.2 Å². The number of ether oxygens (including phenoxy) is 1. The average Bonchev–Trinajstić information content (AvgIpc) is 2.54. The summed E-state index contributed by atoms with van der Waals surface area (Å²) in [7, 11) is 1.81. The molecule has 5 heteroatoms. The van der Waals surface area contributed by atoms with E-state index in [4.69, 9.17) is 4.74 Å². The van der Waals surface area contributed by atoms with E-state index < -0.39 is 0 Å². The molecular weight excluding hydrogens is 354 g/mol. The minimum Gasteiger partial charge on any atom is -0.382 e. The van der Waals surface area contributed by atoms with Crippen molar-refractivity contribution in [2.45, 2.75) is 39.0 Å². The van der Waals surface area contributed by atoms with Gasteiger partial charge < -0.3 is 15.4 Å². The second-order valence-corrected chi connectivity index (χ2v) is 7.06. The van der Waals surface area contributed by atoms with Gasteiger partial charge in [0.1, 0.15) is 0 Å². The highest BCUT2D eigenvalue weighted by Gasteiger charge is 2.20. The Morgan fingerprint density at radius 3 is 2.48 bits per heavy atom. The number of rotatable bonds is 9. The second-order valence-electron chi connectivity index (χ2n) is 6.15. The molecule has 0 aliphatic heterocycles. The van der Waals surface area contributed by atoms with Gasteiger partial charge in [-0.05, 0) is 37.5 Å². The second kappa shape index (κ2) is 10.7. The van der Waals surface area contributed by atoms with Gasteiger partial charge in [-0.15, -0.1) is 0 Å². The molecule has 0 radical (unpaired) electrons. The molecule has 0 fully saturated rings. The summed E-state index contributed by atoms with van der Waals surface area (Å²) >= 11 is 3.48. The monoisotopic (exact) mass is 383 g/mol. The number of hydrogen-bond acceptors (Lipinski definition) is 2. The molecular formula is C18H30BrN3O. The maximum Gasteiger partial charge on any atom is 0.191 e. The molecule has 0 saturated heterocycles. The first-order chi connectivity index (χ1) is 11.0. The minimum absolute atomic E-state index is 0.0350. The van der Waals surface area contributed by atoms with Crippen molar-refractivity contribution in [2.24, 2.45) is 4.99 Å². The molecule has 0 atom stereocenters. The number of aliphatic imine (C=N–C) groups is 1. The fourth-order valence-electron chi connectivity index (χ4n) is 2.21. The topological polar surface area (TPSA) is 45.6 Å². The van der Waals surface area contributed by atoms with E-state index in [0.29, 0.717) is 0 Å². The Hall–Kier alpha value is -1.07. The number of nitrogens with one attached hydrogen (secondary N) is 2. The van der Waals surface area contributed by atoms with Gasteiger partial charge >= 0.3 is 0 Å². The fraction of sp³-hybridized carbons (Fsp3) is 0.611. The Balaban J connectivity index is 2.37. The van der Waals surface area contributed by atoms with Gasteiger partial charge in [-0.3, -0.25) is 4.99 Å². The summed E-state index contributed by atoms with van der Waals surface area (Å²) in [5.74, 6) is 0.853. The molecule has 0 spiro atoms. The number of benzene rings is 1. The summed E-state index contributed by atoms with van der Waals surface area (Å²) in [5, 5.41) is 6.78. The van der Waals surface area contributed by atoms with Crippen LogP contribution in [0.3, 0.4) is 0 Å². The zero-order chi connectivity index (χ0) is 17.1. The van der Waals surface area contributed by atoms with Gasteiger partial charge in [0.25, 0.3) is 0 Å². The average molecular weight is 384 g/mol. The van der Waals surface area contributed by atoms with Crippen LogP contribution in [0.25, 0.3) is 0 Å². The van der Waals surface area contributed by atoms with E-state index in [1.54, 1.807) is 0 Å². The Bertz CT molecular complexity index is 472. The van der Waals surface area contributed by atoms with Crippen LogP contribution in [-0.4, -0.2) is 39.3 Å². The van der Waals surface area contributed by atoms with Crippen LogP contribution < -0.4 is 10.6 Å². The predicted octanol–water partition coefficient (Wildman–Crippen LogP) is 3.71. The molecule has 4 nitrogen and oxygen atoms in total. The van der Waals surface area contributed by atoms with E-state index in [1.807, 2.05) is 14.0 Å². The van der Waals surface area contributed by atoms with Gasteiger partial charge in [-0.2, -0.15) is 0 Å². The van der Waals surface area contributed by atoms with Gasteiger partial charge in [0, 0.05) is 43.2 Å². The molecule has 0 aliphatic rings. The lowest BCUT2D eigenvalue weighted by atomic mass is 9.85. The Morgan fingerprint density at radius 2 is 1.87 bits per heavy atom. The van der Waals surface area contributed by atoms with Crippen molar-refractivity contribution in [3.63, 3.8) is 0 Å². The summed E-state index contributed by atoms with van der Waals surface area (Å²) < 4.78 is 6.45. The van der Waals surface area contributed by atoms with Gasteiger partial charge in [0.05, 0.1) is 0 Å². The smallest absolute Gasteiger partial charge is 0.191 e. The number of halogens is 1. The number of unbranched alkanes of at least 4 members (excludes halogenated alkanes) is 1. The highest BCUT2D eigenvalue weighted by atomic mass is 79.9. The third-order valence-corrected chi connectivity index (χ3v) is 4.29. The van der Waals surface area contributed by atoms with Crippen LogP contribution >= 0.6 is 15.9 Å². The van der Waals surface area contributed by atoms with Crippen LogP contribution in [0.15, 0.2) is 33.7 Å². The molecule has 23 heavy (non-hydrogen) atoms. The first-order valence-electron chi connectivity index (χ1n) is 8.28. The van der Waals surface area contributed by atoms with E-state index in [0.717, 1.165) is 49.6 Å².